The second-order valence-electron chi connectivity index (χ2n) is 4.45. The highest BCUT2D eigenvalue weighted by atomic mass is 79.9. The minimum Gasteiger partial charge on any atom is -0.493 e. The summed E-state index contributed by atoms with van der Waals surface area (Å²) in [6.07, 6.45) is 2.16. The van der Waals surface area contributed by atoms with Crippen molar-refractivity contribution in [2.75, 3.05) is 14.2 Å². The molecule has 0 aliphatic heterocycles. The fourth-order valence-corrected chi connectivity index (χ4v) is 3.06. The van der Waals surface area contributed by atoms with Gasteiger partial charge in [-0.2, -0.15) is 0 Å². The number of aryl methyl sites for hydroxylation is 1. The van der Waals surface area contributed by atoms with Crippen molar-refractivity contribution in [3.05, 3.63) is 23.8 Å². The molecule has 0 radical (unpaired) electrons. The zero-order chi connectivity index (χ0) is 13.1. The molecular weight excluding hydrogens is 296 g/mol. The van der Waals surface area contributed by atoms with E-state index in [-0.39, 0.29) is 12.2 Å². The first-order valence-corrected chi connectivity index (χ1v) is 7.11. The van der Waals surface area contributed by atoms with E-state index in [0.29, 0.717) is 4.83 Å². The van der Waals surface area contributed by atoms with Crippen molar-refractivity contribution in [1.82, 2.24) is 0 Å². The topological polar surface area (TPSA) is 27.7 Å². The van der Waals surface area contributed by atoms with Crippen molar-refractivity contribution in [2.45, 2.75) is 36.8 Å². The molecule has 0 N–H and O–H groups in total. The van der Waals surface area contributed by atoms with Gasteiger partial charge in [0.05, 0.1) is 7.11 Å². The van der Waals surface area contributed by atoms with Crippen molar-refractivity contribution in [3.63, 3.8) is 0 Å². The van der Waals surface area contributed by atoms with Gasteiger partial charge in [0.25, 0.3) is 0 Å². The minimum absolute atomic E-state index is 0.0979. The van der Waals surface area contributed by atoms with Gasteiger partial charge in [0.1, 0.15) is 12.2 Å². The molecule has 18 heavy (non-hydrogen) atoms. The Kier molecular flexibility index (Phi) is 4.51. The third-order valence-electron chi connectivity index (χ3n) is 3.37. The minimum atomic E-state index is 0.0979. The summed E-state index contributed by atoms with van der Waals surface area (Å²) in [5.74, 6) is 1.59. The molecule has 4 heteroatoms. The summed E-state index contributed by atoms with van der Waals surface area (Å²) in [7, 11) is 3.38. The Morgan fingerprint density at radius 2 is 2.06 bits per heavy atom. The number of hydrogen-bond acceptors (Lipinski definition) is 3. The number of rotatable bonds is 5. The summed E-state index contributed by atoms with van der Waals surface area (Å²) in [6, 6.07) is 6.08. The van der Waals surface area contributed by atoms with Crippen LogP contribution in [0.5, 0.6) is 11.5 Å². The van der Waals surface area contributed by atoms with E-state index in [0.717, 1.165) is 24.3 Å². The maximum absolute atomic E-state index is 5.97. The van der Waals surface area contributed by atoms with Crippen LogP contribution in [0.4, 0.5) is 0 Å². The van der Waals surface area contributed by atoms with Crippen LogP contribution in [0.25, 0.3) is 0 Å². The summed E-state index contributed by atoms with van der Waals surface area (Å²) in [5, 5.41) is 0. The lowest BCUT2D eigenvalue weighted by Crippen LogP contribution is -2.51. The van der Waals surface area contributed by atoms with E-state index in [1.54, 1.807) is 14.2 Å². The number of ether oxygens (including phenoxy) is 3. The predicted molar refractivity (Wildman–Crippen MR) is 74.9 cm³/mol. The quantitative estimate of drug-likeness (QED) is 0.781. The Balaban J connectivity index is 2.09. The fraction of sp³-hybridized carbons (Fsp3) is 0.571. The Hall–Kier alpha value is -0.740. The van der Waals surface area contributed by atoms with E-state index >= 15 is 0 Å². The molecule has 0 spiro atoms. The van der Waals surface area contributed by atoms with Crippen LogP contribution in [-0.2, 0) is 11.2 Å². The normalized spacial score (nSPS) is 26.6. The van der Waals surface area contributed by atoms with Gasteiger partial charge in [-0.05, 0) is 24.1 Å². The number of alkyl halides is 1. The number of halogens is 1. The van der Waals surface area contributed by atoms with Gasteiger partial charge < -0.3 is 14.2 Å². The molecule has 1 aromatic carbocycles. The van der Waals surface area contributed by atoms with E-state index in [1.165, 1.54) is 5.56 Å². The smallest absolute Gasteiger partial charge is 0.161 e. The molecule has 1 saturated carbocycles. The Bertz CT molecular complexity index is 408. The van der Waals surface area contributed by atoms with E-state index in [2.05, 4.69) is 28.9 Å². The molecule has 0 bridgehead atoms. The van der Waals surface area contributed by atoms with E-state index in [4.69, 9.17) is 14.2 Å². The molecule has 1 aliphatic carbocycles. The molecule has 1 fully saturated rings. The maximum Gasteiger partial charge on any atom is 0.161 e. The average Bonchev–Trinajstić information content (AvgIpc) is 2.38. The second-order valence-corrected chi connectivity index (χ2v) is 5.62. The zero-order valence-corrected chi connectivity index (χ0v) is 12.6. The number of methoxy groups -OCH3 is 2. The first kappa shape index (κ1) is 13.7. The Morgan fingerprint density at radius 3 is 2.61 bits per heavy atom. The lowest BCUT2D eigenvalue weighted by molar-refractivity contribution is -0.0552. The van der Waals surface area contributed by atoms with Crippen LogP contribution in [0.15, 0.2) is 18.2 Å². The molecule has 3 atom stereocenters. The van der Waals surface area contributed by atoms with E-state index in [1.807, 2.05) is 12.1 Å². The second kappa shape index (κ2) is 5.93. The monoisotopic (exact) mass is 314 g/mol. The van der Waals surface area contributed by atoms with Gasteiger partial charge in [-0.15, -0.1) is 0 Å². The summed E-state index contributed by atoms with van der Waals surface area (Å²) in [5.41, 5.74) is 1.24. The van der Waals surface area contributed by atoms with Gasteiger partial charge in [-0.3, -0.25) is 0 Å². The lowest BCUT2D eigenvalue weighted by atomic mass is 9.91. The SMILES string of the molecule is CCc1ccc(OC2CC(Br)C2OC)c(OC)c1. The third-order valence-corrected chi connectivity index (χ3v) is 4.26. The molecule has 0 heterocycles. The zero-order valence-electron chi connectivity index (χ0n) is 11.0. The molecule has 3 nitrogen and oxygen atoms in total. The largest absolute Gasteiger partial charge is 0.493 e. The molecule has 0 aromatic heterocycles. The van der Waals surface area contributed by atoms with Crippen LogP contribution in [0.1, 0.15) is 18.9 Å². The van der Waals surface area contributed by atoms with Crippen LogP contribution >= 0.6 is 15.9 Å². The molecule has 1 aromatic rings. The molecular formula is C14H19BrO3. The molecule has 0 saturated heterocycles. The highest BCUT2D eigenvalue weighted by Gasteiger charge is 2.42. The summed E-state index contributed by atoms with van der Waals surface area (Å²) < 4.78 is 16.7. The molecule has 3 unspecified atom stereocenters. The van der Waals surface area contributed by atoms with Gasteiger partial charge >= 0.3 is 0 Å². The Morgan fingerprint density at radius 1 is 1.28 bits per heavy atom. The maximum atomic E-state index is 5.97. The van der Waals surface area contributed by atoms with Crippen LogP contribution in [-0.4, -0.2) is 31.3 Å². The van der Waals surface area contributed by atoms with Gasteiger partial charge in [-0.25, -0.2) is 0 Å². The summed E-state index contributed by atoms with van der Waals surface area (Å²) in [6.45, 7) is 2.12. The van der Waals surface area contributed by atoms with Crippen LogP contribution in [0.3, 0.4) is 0 Å². The van der Waals surface area contributed by atoms with Crippen LogP contribution in [0.2, 0.25) is 0 Å². The molecule has 0 amide bonds. The first-order chi connectivity index (χ1) is 8.69. The molecule has 2 rings (SSSR count). The molecule has 100 valence electrons. The van der Waals surface area contributed by atoms with Crippen molar-refractivity contribution in [1.29, 1.82) is 0 Å². The highest BCUT2D eigenvalue weighted by molar-refractivity contribution is 9.09. The van der Waals surface area contributed by atoms with Gasteiger partial charge in [0, 0.05) is 18.4 Å². The summed E-state index contributed by atoms with van der Waals surface area (Å²) >= 11 is 3.56. The van der Waals surface area contributed by atoms with E-state index < -0.39 is 0 Å². The number of benzene rings is 1. The van der Waals surface area contributed by atoms with Crippen molar-refractivity contribution < 1.29 is 14.2 Å². The predicted octanol–water partition coefficient (Wildman–Crippen LogP) is 3.19. The van der Waals surface area contributed by atoms with Crippen molar-refractivity contribution >= 4 is 15.9 Å². The average molecular weight is 315 g/mol. The van der Waals surface area contributed by atoms with Gasteiger partial charge in [0.15, 0.2) is 11.5 Å². The van der Waals surface area contributed by atoms with Crippen LogP contribution in [0, 0.1) is 0 Å². The fourth-order valence-electron chi connectivity index (χ4n) is 2.13. The van der Waals surface area contributed by atoms with E-state index in [9.17, 15) is 0 Å². The standard InChI is InChI=1S/C14H19BrO3/c1-4-9-5-6-11(12(7-9)16-2)18-13-8-10(15)14(13)17-3/h5-7,10,13-14H,4,8H2,1-3H3. The van der Waals surface area contributed by atoms with Crippen LogP contribution < -0.4 is 9.47 Å². The van der Waals surface area contributed by atoms with Crippen molar-refractivity contribution in [3.8, 4) is 11.5 Å². The summed E-state index contributed by atoms with van der Waals surface area (Å²) in [4.78, 5) is 0.383. The molecule has 1 aliphatic rings. The number of hydrogen-bond donors (Lipinski definition) is 0. The van der Waals surface area contributed by atoms with Gasteiger partial charge in [-0.1, -0.05) is 28.9 Å². The third kappa shape index (κ3) is 2.64. The lowest BCUT2D eigenvalue weighted by Gasteiger charge is -2.40. The Labute approximate surface area is 117 Å². The highest BCUT2D eigenvalue weighted by Crippen LogP contribution is 2.37. The van der Waals surface area contributed by atoms with Gasteiger partial charge in [0.2, 0.25) is 0 Å². The van der Waals surface area contributed by atoms with Crippen molar-refractivity contribution in [2.24, 2.45) is 0 Å². The first-order valence-electron chi connectivity index (χ1n) is 6.20.